The number of hydrogen-bond acceptors (Lipinski definition) is 6. The number of piperazine rings is 1. The lowest BCUT2D eigenvalue weighted by Gasteiger charge is -2.34. The normalized spacial score (nSPS) is 22.0. The van der Waals surface area contributed by atoms with E-state index < -0.39 is 32.0 Å². The Morgan fingerprint density at radius 1 is 1.03 bits per heavy atom. The summed E-state index contributed by atoms with van der Waals surface area (Å²) >= 11 is 0. The van der Waals surface area contributed by atoms with E-state index in [4.69, 9.17) is 0 Å². The summed E-state index contributed by atoms with van der Waals surface area (Å²) in [6.45, 7) is 7.31. The zero-order valence-electron chi connectivity index (χ0n) is 18.9. The molecule has 0 radical (unpaired) electrons. The van der Waals surface area contributed by atoms with Gasteiger partial charge >= 0.3 is 0 Å². The van der Waals surface area contributed by atoms with Crippen molar-refractivity contribution in [2.45, 2.75) is 50.5 Å². The van der Waals surface area contributed by atoms with Gasteiger partial charge in [0.05, 0.1) is 10.6 Å². The van der Waals surface area contributed by atoms with Gasteiger partial charge in [0.25, 0.3) is 0 Å². The fraction of sp³-hybridized carbons (Fsp3) is 0.667. The minimum atomic E-state index is -3.67. The van der Waals surface area contributed by atoms with Crippen LogP contribution in [0.1, 0.15) is 39.5 Å². The second-order valence-corrected chi connectivity index (χ2v) is 12.3. The van der Waals surface area contributed by atoms with Crippen LogP contribution in [0.5, 0.6) is 0 Å². The van der Waals surface area contributed by atoms with Crippen molar-refractivity contribution >= 4 is 31.6 Å². The van der Waals surface area contributed by atoms with Gasteiger partial charge in [-0.25, -0.2) is 16.8 Å². The summed E-state index contributed by atoms with van der Waals surface area (Å²) in [5.74, 6) is -0.411. The van der Waals surface area contributed by atoms with Crippen LogP contribution in [0, 0.1) is 0 Å². The minimum Gasteiger partial charge on any atom is -0.325 e. The average Bonchev–Trinajstić information content (AvgIpc) is 2.79. The first kappa shape index (κ1) is 25.1. The molecule has 0 saturated carbocycles. The van der Waals surface area contributed by atoms with Crippen LogP contribution in [0.25, 0.3) is 0 Å². The van der Waals surface area contributed by atoms with Crippen LogP contribution in [0.3, 0.4) is 0 Å². The van der Waals surface area contributed by atoms with E-state index in [0.717, 1.165) is 19.4 Å². The third-order valence-electron chi connectivity index (χ3n) is 6.09. The molecule has 11 heteroatoms. The number of nitrogens with zero attached hydrogens (tertiary/aromatic N) is 3. The number of likely N-dealkylation sites (N-methyl/N-ethyl adjacent to an activating group) is 1. The topological polar surface area (TPSA) is 107 Å². The molecular weight excluding hydrogens is 452 g/mol. The highest BCUT2D eigenvalue weighted by molar-refractivity contribution is 7.89. The molecule has 1 amide bonds. The third kappa shape index (κ3) is 5.69. The van der Waals surface area contributed by atoms with Gasteiger partial charge in [0, 0.05) is 38.4 Å². The predicted octanol–water partition coefficient (Wildman–Crippen LogP) is 1.55. The number of rotatable bonds is 8. The zero-order valence-corrected chi connectivity index (χ0v) is 20.5. The van der Waals surface area contributed by atoms with Crippen LogP contribution < -0.4 is 5.32 Å². The van der Waals surface area contributed by atoms with Gasteiger partial charge in [-0.3, -0.25) is 4.79 Å². The van der Waals surface area contributed by atoms with Crippen molar-refractivity contribution in [2.75, 3.05) is 50.3 Å². The first-order valence-electron chi connectivity index (χ1n) is 11.3. The summed E-state index contributed by atoms with van der Waals surface area (Å²) in [6.07, 6.45) is 2.44. The highest BCUT2D eigenvalue weighted by Crippen LogP contribution is 2.25. The van der Waals surface area contributed by atoms with Crippen molar-refractivity contribution in [3.8, 4) is 0 Å². The van der Waals surface area contributed by atoms with Gasteiger partial charge in [-0.15, -0.1) is 0 Å². The Bertz CT molecular complexity index is 1000. The molecule has 3 rings (SSSR count). The van der Waals surface area contributed by atoms with Crippen LogP contribution >= 0.6 is 0 Å². The lowest BCUT2D eigenvalue weighted by Crippen LogP contribution is -2.50. The number of carbonyl (C=O) groups excluding carboxylic acids is 1. The molecule has 9 nitrogen and oxygen atoms in total. The van der Waals surface area contributed by atoms with Crippen molar-refractivity contribution in [3.05, 3.63) is 24.3 Å². The van der Waals surface area contributed by atoms with Crippen LogP contribution in [0.4, 0.5) is 5.69 Å². The Labute approximate surface area is 191 Å². The first-order valence-corrected chi connectivity index (χ1v) is 14.4. The highest BCUT2D eigenvalue weighted by Gasteiger charge is 2.36. The van der Waals surface area contributed by atoms with Crippen molar-refractivity contribution in [1.29, 1.82) is 0 Å². The van der Waals surface area contributed by atoms with E-state index in [1.807, 2.05) is 0 Å². The number of piperidine rings is 1. The molecule has 0 aliphatic carbocycles. The molecule has 1 N–H and O–H groups in total. The number of sulfonamides is 2. The van der Waals surface area contributed by atoms with Gasteiger partial charge in [-0.1, -0.05) is 26.3 Å². The Morgan fingerprint density at radius 3 is 2.41 bits per heavy atom. The Hall–Kier alpha value is -1.53. The van der Waals surface area contributed by atoms with Crippen molar-refractivity contribution in [2.24, 2.45) is 0 Å². The molecule has 2 saturated heterocycles. The van der Waals surface area contributed by atoms with Crippen LogP contribution in [0.15, 0.2) is 29.2 Å². The second kappa shape index (κ2) is 10.6. The molecule has 32 heavy (non-hydrogen) atoms. The van der Waals surface area contributed by atoms with Crippen molar-refractivity contribution in [1.82, 2.24) is 13.5 Å². The summed E-state index contributed by atoms with van der Waals surface area (Å²) < 4.78 is 54.2. The summed E-state index contributed by atoms with van der Waals surface area (Å²) in [5.41, 5.74) is 0.349. The molecule has 2 aliphatic rings. The van der Waals surface area contributed by atoms with Crippen LogP contribution in [-0.2, 0) is 24.8 Å². The van der Waals surface area contributed by atoms with Crippen molar-refractivity contribution in [3.63, 3.8) is 0 Å². The van der Waals surface area contributed by atoms with E-state index in [9.17, 15) is 21.6 Å². The van der Waals surface area contributed by atoms with Gasteiger partial charge in [-0.05, 0) is 44.0 Å². The maximum Gasteiger partial charge on any atom is 0.243 e. The summed E-state index contributed by atoms with van der Waals surface area (Å²) in [6, 6.07) is 5.42. The standard InChI is InChI=1S/C21H34N4O5S2/c1-3-16-31(27,28)25-11-6-5-10-20(25)21(26)22-18-8-7-9-19(17-18)32(29,30)24-14-12-23(4-2)13-15-24/h7-9,17,20H,3-6,10-16H2,1-2H3,(H,22,26). The molecule has 180 valence electrons. The number of nitrogens with one attached hydrogen (secondary N) is 1. The molecule has 2 heterocycles. The zero-order chi connectivity index (χ0) is 23.4. The SMILES string of the molecule is CCCS(=O)(=O)N1CCCCC1C(=O)Nc1cccc(S(=O)(=O)N2CCN(CC)CC2)c1. The van der Waals surface area contributed by atoms with E-state index in [2.05, 4.69) is 17.1 Å². The number of carbonyl (C=O) groups is 1. The first-order chi connectivity index (χ1) is 15.2. The third-order valence-corrected chi connectivity index (χ3v) is 10.1. The molecule has 0 aromatic heterocycles. The van der Waals surface area contributed by atoms with E-state index in [0.29, 0.717) is 51.3 Å². The van der Waals surface area contributed by atoms with E-state index in [1.165, 1.54) is 20.7 Å². The molecule has 1 atom stereocenters. The van der Waals surface area contributed by atoms with Gasteiger partial charge < -0.3 is 10.2 Å². The highest BCUT2D eigenvalue weighted by atomic mass is 32.2. The van der Waals surface area contributed by atoms with E-state index >= 15 is 0 Å². The average molecular weight is 487 g/mol. The molecule has 1 unspecified atom stereocenters. The fourth-order valence-corrected chi connectivity index (χ4v) is 7.49. The van der Waals surface area contributed by atoms with Crippen molar-refractivity contribution < 1.29 is 21.6 Å². The van der Waals surface area contributed by atoms with Crippen LogP contribution in [0.2, 0.25) is 0 Å². The monoisotopic (exact) mass is 486 g/mol. The maximum atomic E-state index is 13.1. The minimum absolute atomic E-state index is 0.00973. The van der Waals surface area contributed by atoms with Gasteiger partial charge in [0.2, 0.25) is 26.0 Å². The number of hydrogen-bond donors (Lipinski definition) is 1. The quantitative estimate of drug-likeness (QED) is 0.597. The largest absolute Gasteiger partial charge is 0.325 e. The molecule has 2 aliphatic heterocycles. The smallest absolute Gasteiger partial charge is 0.243 e. The molecule has 0 bridgehead atoms. The second-order valence-electron chi connectivity index (χ2n) is 8.29. The molecule has 2 fully saturated rings. The number of benzene rings is 1. The van der Waals surface area contributed by atoms with Gasteiger partial charge in [-0.2, -0.15) is 8.61 Å². The lowest BCUT2D eigenvalue weighted by atomic mass is 10.0. The lowest BCUT2D eigenvalue weighted by molar-refractivity contribution is -0.120. The van der Waals surface area contributed by atoms with E-state index in [-0.39, 0.29) is 10.6 Å². The van der Waals surface area contributed by atoms with Gasteiger partial charge in [0.1, 0.15) is 6.04 Å². The van der Waals surface area contributed by atoms with E-state index in [1.54, 1.807) is 19.1 Å². The Balaban J connectivity index is 1.74. The maximum absolute atomic E-state index is 13.1. The Kier molecular flexibility index (Phi) is 8.31. The Morgan fingerprint density at radius 2 is 1.75 bits per heavy atom. The summed E-state index contributed by atoms with van der Waals surface area (Å²) in [7, 11) is -7.18. The molecule has 1 aromatic carbocycles. The molecule has 1 aromatic rings. The molecular formula is C21H34N4O5S2. The molecule has 0 spiro atoms. The predicted molar refractivity (Wildman–Crippen MR) is 124 cm³/mol. The fourth-order valence-electron chi connectivity index (χ4n) is 4.27. The summed E-state index contributed by atoms with van der Waals surface area (Å²) in [5, 5.41) is 2.75. The number of amides is 1. The summed E-state index contributed by atoms with van der Waals surface area (Å²) in [4.78, 5) is 15.3. The number of anilines is 1. The van der Waals surface area contributed by atoms with Crippen LogP contribution in [-0.4, -0.2) is 87.3 Å². The van der Waals surface area contributed by atoms with Gasteiger partial charge in [0.15, 0.2) is 0 Å².